The number of hydrogen-bond acceptors (Lipinski definition) is 3. The Bertz CT molecular complexity index is 532. The van der Waals surface area contributed by atoms with Crippen LogP contribution >= 0.6 is 0 Å². The fraction of sp³-hybridized carbons (Fsp3) is 0.357. The second-order valence-corrected chi connectivity index (χ2v) is 4.73. The molecule has 18 heavy (non-hydrogen) atoms. The molecule has 0 saturated carbocycles. The maximum atomic E-state index is 5.80. The first-order valence-corrected chi connectivity index (χ1v) is 6.06. The van der Waals surface area contributed by atoms with Gasteiger partial charge in [0.1, 0.15) is 5.75 Å². The highest BCUT2D eigenvalue weighted by Crippen LogP contribution is 2.25. The molecule has 0 amide bonds. The smallest absolute Gasteiger partial charge is 0.165 e. The number of aryl methyl sites for hydroxylation is 2. The first kappa shape index (κ1) is 12.6. The summed E-state index contributed by atoms with van der Waals surface area (Å²) in [5.74, 6) is 1.61. The summed E-state index contributed by atoms with van der Waals surface area (Å²) < 4.78 is 7.49. The molecule has 1 heterocycles. The molecule has 2 rings (SSSR count). The Hall–Kier alpha value is -1.81. The zero-order chi connectivity index (χ0) is 13.1. The lowest BCUT2D eigenvalue weighted by molar-refractivity contribution is 0.478. The maximum Gasteiger partial charge on any atom is 0.165 e. The van der Waals surface area contributed by atoms with Crippen molar-refractivity contribution in [3.8, 4) is 11.5 Å². The van der Waals surface area contributed by atoms with Crippen molar-refractivity contribution in [1.29, 1.82) is 0 Å². The van der Waals surface area contributed by atoms with Crippen molar-refractivity contribution < 1.29 is 4.74 Å². The molecule has 2 aromatic rings. The quantitative estimate of drug-likeness (QED) is 0.900. The topological polar surface area (TPSA) is 53.1 Å². The minimum atomic E-state index is 0.175. The minimum absolute atomic E-state index is 0.175. The monoisotopic (exact) mass is 245 g/mol. The van der Waals surface area contributed by atoms with Gasteiger partial charge in [-0.2, -0.15) is 5.10 Å². The van der Waals surface area contributed by atoms with Crippen LogP contribution in [0.15, 0.2) is 30.6 Å². The van der Waals surface area contributed by atoms with Gasteiger partial charge in [-0.3, -0.25) is 4.68 Å². The van der Waals surface area contributed by atoms with E-state index < -0.39 is 0 Å². The predicted molar refractivity (Wildman–Crippen MR) is 71.8 cm³/mol. The van der Waals surface area contributed by atoms with Crippen molar-refractivity contribution in [3.05, 3.63) is 41.7 Å². The molecule has 0 saturated heterocycles. The second kappa shape index (κ2) is 5.23. The van der Waals surface area contributed by atoms with Crippen LogP contribution < -0.4 is 10.5 Å². The van der Waals surface area contributed by atoms with Crippen molar-refractivity contribution in [3.63, 3.8) is 0 Å². The fourth-order valence-electron chi connectivity index (χ4n) is 1.90. The summed E-state index contributed by atoms with van der Waals surface area (Å²) in [5.41, 5.74) is 8.14. The Morgan fingerprint density at radius 1 is 1.44 bits per heavy atom. The SMILES string of the molecule is Cc1cc(CC(C)N)ccc1Oc1cnn(C)c1. The van der Waals surface area contributed by atoms with E-state index in [9.17, 15) is 0 Å². The van der Waals surface area contributed by atoms with E-state index in [4.69, 9.17) is 10.5 Å². The molecule has 4 heteroatoms. The third-order valence-electron chi connectivity index (χ3n) is 2.71. The third-order valence-corrected chi connectivity index (χ3v) is 2.71. The summed E-state index contributed by atoms with van der Waals surface area (Å²) >= 11 is 0. The van der Waals surface area contributed by atoms with E-state index in [1.54, 1.807) is 10.9 Å². The van der Waals surface area contributed by atoms with Gasteiger partial charge >= 0.3 is 0 Å². The summed E-state index contributed by atoms with van der Waals surface area (Å²) in [6, 6.07) is 6.34. The number of nitrogens with zero attached hydrogens (tertiary/aromatic N) is 2. The van der Waals surface area contributed by atoms with Crippen LogP contribution in [0, 0.1) is 6.92 Å². The zero-order valence-corrected chi connectivity index (χ0v) is 11.1. The molecule has 1 aromatic carbocycles. The van der Waals surface area contributed by atoms with Crippen LogP contribution in [-0.4, -0.2) is 15.8 Å². The molecular formula is C14H19N3O. The number of nitrogens with two attached hydrogens (primary N) is 1. The van der Waals surface area contributed by atoms with Gasteiger partial charge in [0.05, 0.1) is 12.4 Å². The molecule has 0 aliphatic heterocycles. The lowest BCUT2D eigenvalue weighted by Gasteiger charge is -2.10. The van der Waals surface area contributed by atoms with Gasteiger partial charge in [0.25, 0.3) is 0 Å². The van der Waals surface area contributed by atoms with E-state index in [0.29, 0.717) is 0 Å². The first-order chi connectivity index (χ1) is 8.54. The van der Waals surface area contributed by atoms with Gasteiger partial charge < -0.3 is 10.5 Å². The highest BCUT2D eigenvalue weighted by atomic mass is 16.5. The maximum absolute atomic E-state index is 5.80. The lowest BCUT2D eigenvalue weighted by atomic mass is 10.0. The standard InChI is InChI=1S/C14H19N3O/c1-10-6-12(7-11(2)15)4-5-14(10)18-13-8-16-17(3)9-13/h4-6,8-9,11H,7,15H2,1-3H3. The molecule has 1 unspecified atom stereocenters. The van der Waals surface area contributed by atoms with Gasteiger partial charge in [-0.1, -0.05) is 12.1 Å². The first-order valence-electron chi connectivity index (χ1n) is 6.06. The van der Waals surface area contributed by atoms with E-state index in [-0.39, 0.29) is 6.04 Å². The zero-order valence-electron chi connectivity index (χ0n) is 11.1. The molecule has 0 spiro atoms. The minimum Gasteiger partial charge on any atom is -0.454 e. The molecular weight excluding hydrogens is 226 g/mol. The second-order valence-electron chi connectivity index (χ2n) is 4.73. The number of rotatable bonds is 4. The van der Waals surface area contributed by atoms with Gasteiger partial charge in [0.15, 0.2) is 5.75 Å². The largest absolute Gasteiger partial charge is 0.454 e. The molecule has 0 aliphatic carbocycles. The Morgan fingerprint density at radius 2 is 2.22 bits per heavy atom. The molecule has 1 aromatic heterocycles. The van der Waals surface area contributed by atoms with E-state index >= 15 is 0 Å². The number of ether oxygens (including phenoxy) is 1. The normalized spacial score (nSPS) is 12.4. The highest BCUT2D eigenvalue weighted by molar-refractivity contribution is 5.39. The van der Waals surface area contributed by atoms with Crippen LogP contribution in [-0.2, 0) is 13.5 Å². The molecule has 96 valence electrons. The molecule has 1 atom stereocenters. The molecule has 2 N–H and O–H groups in total. The predicted octanol–water partition coefficient (Wildman–Crippen LogP) is 2.41. The van der Waals surface area contributed by atoms with E-state index in [0.717, 1.165) is 23.5 Å². The Balaban J connectivity index is 2.14. The van der Waals surface area contributed by atoms with Crippen LogP contribution in [0.5, 0.6) is 11.5 Å². The summed E-state index contributed by atoms with van der Waals surface area (Å²) in [6.45, 7) is 4.05. The summed E-state index contributed by atoms with van der Waals surface area (Å²) in [5, 5.41) is 4.07. The van der Waals surface area contributed by atoms with Crippen LogP contribution in [0.2, 0.25) is 0 Å². The van der Waals surface area contributed by atoms with Gasteiger partial charge in [-0.05, 0) is 37.5 Å². The van der Waals surface area contributed by atoms with Crippen LogP contribution in [0.1, 0.15) is 18.1 Å². The Labute approximate surface area is 107 Å². The Morgan fingerprint density at radius 3 is 2.78 bits per heavy atom. The fourth-order valence-corrected chi connectivity index (χ4v) is 1.90. The van der Waals surface area contributed by atoms with Crippen molar-refractivity contribution >= 4 is 0 Å². The van der Waals surface area contributed by atoms with Crippen molar-refractivity contribution in [2.75, 3.05) is 0 Å². The Kier molecular flexibility index (Phi) is 3.67. The average Bonchev–Trinajstić information content (AvgIpc) is 2.67. The van der Waals surface area contributed by atoms with Crippen LogP contribution in [0.4, 0.5) is 0 Å². The van der Waals surface area contributed by atoms with Gasteiger partial charge in [0.2, 0.25) is 0 Å². The van der Waals surface area contributed by atoms with E-state index in [2.05, 4.69) is 17.2 Å². The van der Waals surface area contributed by atoms with Crippen LogP contribution in [0.3, 0.4) is 0 Å². The molecule has 0 aliphatic rings. The summed E-state index contributed by atoms with van der Waals surface area (Å²) in [6.07, 6.45) is 4.43. The highest BCUT2D eigenvalue weighted by Gasteiger charge is 2.05. The third kappa shape index (κ3) is 3.11. The van der Waals surface area contributed by atoms with Gasteiger partial charge in [-0.15, -0.1) is 0 Å². The van der Waals surface area contributed by atoms with E-state index in [1.165, 1.54) is 5.56 Å². The molecule has 0 radical (unpaired) electrons. The van der Waals surface area contributed by atoms with Crippen molar-refractivity contribution in [2.45, 2.75) is 26.3 Å². The van der Waals surface area contributed by atoms with Crippen molar-refractivity contribution in [1.82, 2.24) is 9.78 Å². The molecule has 4 nitrogen and oxygen atoms in total. The summed E-state index contributed by atoms with van der Waals surface area (Å²) in [4.78, 5) is 0. The average molecular weight is 245 g/mol. The lowest BCUT2D eigenvalue weighted by Crippen LogP contribution is -2.17. The number of benzene rings is 1. The van der Waals surface area contributed by atoms with Crippen LogP contribution in [0.25, 0.3) is 0 Å². The summed E-state index contributed by atoms with van der Waals surface area (Å²) in [7, 11) is 1.87. The van der Waals surface area contributed by atoms with Gasteiger partial charge in [0, 0.05) is 13.1 Å². The number of hydrogen-bond donors (Lipinski definition) is 1. The van der Waals surface area contributed by atoms with E-state index in [1.807, 2.05) is 33.2 Å². The van der Waals surface area contributed by atoms with Gasteiger partial charge in [-0.25, -0.2) is 0 Å². The molecule has 0 bridgehead atoms. The van der Waals surface area contributed by atoms with Crippen molar-refractivity contribution in [2.24, 2.45) is 12.8 Å². The molecule has 0 fully saturated rings. The number of aromatic nitrogens is 2.